The van der Waals surface area contributed by atoms with Crippen molar-refractivity contribution in [2.24, 2.45) is 5.92 Å². The van der Waals surface area contributed by atoms with Crippen LogP contribution in [-0.2, 0) is 12.8 Å². The molecule has 1 aromatic rings. The first-order valence-corrected chi connectivity index (χ1v) is 7.55. The molecular weight excluding hydrogens is 230 g/mol. The van der Waals surface area contributed by atoms with Gasteiger partial charge in [0, 0.05) is 11.8 Å². The molecule has 4 heteroatoms. The van der Waals surface area contributed by atoms with Crippen LogP contribution in [0.1, 0.15) is 30.0 Å². The Morgan fingerprint density at radius 3 is 3.06 bits per heavy atom. The van der Waals surface area contributed by atoms with Crippen LogP contribution in [0, 0.1) is 5.92 Å². The zero-order valence-corrected chi connectivity index (χ0v) is 11.5. The van der Waals surface area contributed by atoms with Gasteiger partial charge >= 0.3 is 0 Å². The van der Waals surface area contributed by atoms with Gasteiger partial charge in [-0.25, -0.2) is 4.98 Å². The van der Waals surface area contributed by atoms with Gasteiger partial charge in [-0.05, 0) is 58.3 Å². The second-order valence-electron chi connectivity index (χ2n) is 4.84. The molecule has 96 valence electrons. The predicted octanol–water partition coefficient (Wildman–Crippen LogP) is 1.84. The Labute approximate surface area is 108 Å². The summed E-state index contributed by atoms with van der Waals surface area (Å²) in [5.41, 5.74) is 1.29. The number of hydrogen-bond acceptors (Lipinski definition) is 4. The summed E-state index contributed by atoms with van der Waals surface area (Å²) >= 11 is 1.85. The van der Waals surface area contributed by atoms with Crippen LogP contribution < -0.4 is 10.6 Å². The molecule has 2 rings (SSSR count). The van der Waals surface area contributed by atoms with Gasteiger partial charge in [0.1, 0.15) is 0 Å². The van der Waals surface area contributed by atoms with Gasteiger partial charge in [0.2, 0.25) is 0 Å². The van der Waals surface area contributed by atoms with Crippen LogP contribution in [0.25, 0.3) is 0 Å². The van der Waals surface area contributed by atoms with Crippen molar-refractivity contribution in [3.63, 3.8) is 0 Å². The van der Waals surface area contributed by atoms with Gasteiger partial charge in [0.15, 0.2) is 0 Å². The lowest BCUT2D eigenvalue weighted by atomic mass is 9.95. The number of piperidine rings is 1. The molecule has 0 aromatic carbocycles. The molecule has 0 saturated carbocycles. The summed E-state index contributed by atoms with van der Waals surface area (Å²) in [6.07, 6.45) is 6.12. The molecular formula is C13H23N3S. The van der Waals surface area contributed by atoms with E-state index in [-0.39, 0.29) is 0 Å². The van der Waals surface area contributed by atoms with E-state index >= 15 is 0 Å². The van der Waals surface area contributed by atoms with E-state index < -0.39 is 0 Å². The minimum Gasteiger partial charge on any atom is -0.320 e. The van der Waals surface area contributed by atoms with Gasteiger partial charge in [-0.15, -0.1) is 11.3 Å². The Morgan fingerprint density at radius 1 is 1.47 bits per heavy atom. The second-order valence-corrected chi connectivity index (χ2v) is 5.78. The zero-order valence-electron chi connectivity index (χ0n) is 10.7. The highest BCUT2D eigenvalue weighted by molar-refractivity contribution is 7.09. The molecule has 17 heavy (non-hydrogen) atoms. The fraction of sp³-hybridized carbons (Fsp3) is 0.769. The van der Waals surface area contributed by atoms with Crippen molar-refractivity contribution in [2.45, 2.75) is 32.1 Å². The minimum atomic E-state index is 0.854. The zero-order chi connectivity index (χ0) is 11.9. The van der Waals surface area contributed by atoms with Gasteiger partial charge in [-0.3, -0.25) is 0 Å². The van der Waals surface area contributed by atoms with Crippen molar-refractivity contribution >= 4 is 11.3 Å². The van der Waals surface area contributed by atoms with Gasteiger partial charge < -0.3 is 10.6 Å². The highest BCUT2D eigenvalue weighted by atomic mass is 32.1. The molecule has 2 heterocycles. The van der Waals surface area contributed by atoms with E-state index in [9.17, 15) is 0 Å². The van der Waals surface area contributed by atoms with E-state index in [2.05, 4.69) is 16.0 Å². The number of nitrogens with one attached hydrogen (secondary N) is 2. The van der Waals surface area contributed by atoms with Crippen LogP contribution >= 0.6 is 11.3 Å². The van der Waals surface area contributed by atoms with Crippen molar-refractivity contribution in [3.8, 4) is 0 Å². The van der Waals surface area contributed by atoms with E-state index in [4.69, 9.17) is 4.98 Å². The molecule has 1 saturated heterocycles. The molecule has 1 fully saturated rings. The molecule has 0 unspecified atom stereocenters. The first-order valence-electron chi connectivity index (χ1n) is 6.67. The van der Waals surface area contributed by atoms with Crippen molar-refractivity contribution in [1.82, 2.24) is 15.6 Å². The maximum absolute atomic E-state index is 4.75. The summed E-state index contributed by atoms with van der Waals surface area (Å²) in [4.78, 5) is 4.75. The third-order valence-electron chi connectivity index (χ3n) is 3.38. The number of hydrogen-bond donors (Lipinski definition) is 2. The lowest BCUT2D eigenvalue weighted by Gasteiger charge is -2.21. The van der Waals surface area contributed by atoms with Crippen molar-refractivity contribution in [2.75, 3.05) is 26.7 Å². The summed E-state index contributed by atoms with van der Waals surface area (Å²) in [7, 11) is 2.00. The summed E-state index contributed by atoms with van der Waals surface area (Å²) in [6.45, 7) is 3.46. The lowest BCUT2D eigenvalue weighted by Crippen LogP contribution is -2.28. The van der Waals surface area contributed by atoms with Crippen LogP contribution in [0.5, 0.6) is 0 Å². The molecule has 1 aliphatic heterocycles. The summed E-state index contributed by atoms with van der Waals surface area (Å²) in [6, 6.07) is 0. The number of nitrogens with zero attached hydrogens (tertiary/aromatic N) is 1. The molecule has 0 bridgehead atoms. The Bertz CT molecular complexity index is 318. The van der Waals surface area contributed by atoms with Gasteiger partial charge in [0.05, 0.1) is 10.7 Å². The lowest BCUT2D eigenvalue weighted by molar-refractivity contribution is 0.372. The molecule has 2 N–H and O–H groups in total. The van der Waals surface area contributed by atoms with Crippen LogP contribution in [-0.4, -0.2) is 31.7 Å². The third kappa shape index (κ3) is 4.37. The van der Waals surface area contributed by atoms with Crippen molar-refractivity contribution < 1.29 is 0 Å². The number of aromatic nitrogens is 1. The first-order chi connectivity index (χ1) is 8.38. The third-order valence-corrected chi connectivity index (χ3v) is 4.30. The first kappa shape index (κ1) is 13.0. The molecule has 0 amide bonds. The minimum absolute atomic E-state index is 0.854. The fourth-order valence-electron chi connectivity index (χ4n) is 2.34. The van der Waals surface area contributed by atoms with Gasteiger partial charge in [-0.1, -0.05) is 0 Å². The summed E-state index contributed by atoms with van der Waals surface area (Å²) in [5, 5.41) is 10.2. The Kier molecular flexibility index (Phi) is 5.42. The maximum atomic E-state index is 4.75. The van der Waals surface area contributed by atoms with Crippen LogP contribution in [0.3, 0.4) is 0 Å². The predicted molar refractivity (Wildman–Crippen MR) is 73.7 cm³/mol. The standard InChI is InChI=1S/C13H23N3S/c1-14-6-2-3-12-10-17-13(16-12)9-11-4-7-15-8-5-11/h10-11,14-15H,2-9H2,1H3. The molecule has 0 spiro atoms. The Morgan fingerprint density at radius 2 is 2.29 bits per heavy atom. The largest absolute Gasteiger partial charge is 0.320 e. The quantitative estimate of drug-likeness (QED) is 0.760. The highest BCUT2D eigenvalue weighted by Crippen LogP contribution is 2.21. The normalized spacial score (nSPS) is 17.5. The number of thiazole rings is 1. The van der Waals surface area contributed by atoms with Crippen LogP contribution in [0.15, 0.2) is 5.38 Å². The number of aryl methyl sites for hydroxylation is 1. The fourth-order valence-corrected chi connectivity index (χ4v) is 3.28. The van der Waals surface area contributed by atoms with Crippen LogP contribution in [0.2, 0.25) is 0 Å². The Hall–Kier alpha value is -0.450. The van der Waals surface area contributed by atoms with E-state index in [1.165, 1.54) is 49.5 Å². The van der Waals surface area contributed by atoms with E-state index in [1.54, 1.807) is 0 Å². The average molecular weight is 253 g/mol. The van der Waals surface area contributed by atoms with Crippen LogP contribution in [0.4, 0.5) is 0 Å². The Balaban J connectivity index is 1.76. The van der Waals surface area contributed by atoms with Gasteiger partial charge in [0.25, 0.3) is 0 Å². The number of rotatable bonds is 6. The van der Waals surface area contributed by atoms with Crippen molar-refractivity contribution in [1.29, 1.82) is 0 Å². The highest BCUT2D eigenvalue weighted by Gasteiger charge is 2.15. The average Bonchev–Trinajstić information content (AvgIpc) is 2.79. The second kappa shape index (κ2) is 7.09. The molecule has 0 atom stereocenters. The monoisotopic (exact) mass is 253 g/mol. The molecule has 0 aliphatic carbocycles. The molecule has 0 radical (unpaired) electrons. The summed E-state index contributed by atoms with van der Waals surface area (Å²) in [5.74, 6) is 0.854. The smallest absolute Gasteiger partial charge is 0.0931 e. The maximum Gasteiger partial charge on any atom is 0.0931 e. The molecule has 3 nitrogen and oxygen atoms in total. The van der Waals surface area contributed by atoms with Gasteiger partial charge in [-0.2, -0.15) is 0 Å². The van der Waals surface area contributed by atoms with E-state index in [0.29, 0.717) is 0 Å². The van der Waals surface area contributed by atoms with E-state index in [0.717, 1.165) is 18.9 Å². The van der Waals surface area contributed by atoms with E-state index in [1.807, 2.05) is 18.4 Å². The molecule has 1 aliphatic rings. The SMILES string of the molecule is CNCCCc1csc(CC2CCNCC2)n1. The van der Waals surface area contributed by atoms with Crippen molar-refractivity contribution in [3.05, 3.63) is 16.1 Å². The summed E-state index contributed by atoms with van der Waals surface area (Å²) < 4.78 is 0. The topological polar surface area (TPSA) is 37.0 Å². The molecule has 1 aromatic heterocycles.